The Morgan fingerprint density at radius 3 is 2.62 bits per heavy atom. The highest BCUT2D eigenvalue weighted by Crippen LogP contribution is 2.36. The standard InChI is InChI=1S/C16H22N2O2S/c1-11-5-6-13(21-11)12(2)18-10-7-14(19)17-16(15(18)20)8-3-4-9-16/h5-6,12H,3-4,7-10H2,1-2H3,(H,17,19). The topological polar surface area (TPSA) is 49.4 Å². The van der Waals surface area contributed by atoms with Gasteiger partial charge in [0.25, 0.3) is 0 Å². The highest BCUT2D eigenvalue weighted by molar-refractivity contribution is 7.12. The molecule has 1 saturated heterocycles. The Morgan fingerprint density at radius 1 is 1.29 bits per heavy atom. The fraction of sp³-hybridized carbons (Fsp3) is 0.625. The SMILES string of the molecule is Cc1ccc(C(C)N2CCC(=O)NC3(CCCC3)C2=O)s1. The zero-order chi connectivity index (χ0) is 15.0. The lowest BCUT2D eigenvalue weighted by molar-refractivity contribution is -0.140. The molecule has 0 aromatic carbocycles. The first-order chi connectivity index (χ1) is 10.0. The van der Waals surface area contributed by atoms with Gasteiger partial charge < -0.3 is 10.2 Å². The molecule has 1 spiro atoms. The predicted octanol–water partition coefficient (Wildman–Crippen LogP) is 2.78. The summed E-state index contributed by atoms with van der Waals surface area (Å²) in [5, 5.41) is 3.02. The average molecular weight is 306 g/mol. The maximum absolute atomic E-state index is 13.1. The summed E-state index contributed by atoms with van der Waals surface area (Å²) < 4.78 is 0. The van der Waals surface area contributed by atoms with E-state index in [0.717, 1.165) is 25.7 Å². The predicted molar refractivity (Wildman–Crippen MR) is 83.1 cm³/mol. The molecule has 1 atom stereocenters. The van der Waals surface area contributed by atoms with Crippen molar-refractivity contribution in [1.29, 1.82) is 0 Å². The first kappa shape index (κ1) is 14.6. The van der Waals surface area contributed by atoms with Gasteiger partial charge in [-0.1, -0.05) is 12.8 Å². The third kappa shape index (κ3) is 2.59. The largest absolute Gasteiger partial charge is 0.342 e. The number of carbonyl (C=O) groups is 2. The molecule has 1 aliphatic heterocycles. The molecular weight excluding hydrogens is 284 g/mol. The molecule has 1 unspecified atom stereocenters. The van der Waals surface area contributed by atoms with E-state index in [9.17, 15) is 9.59 Å². The number of hydrogen-bond donors (Lipinski definition) is 1. The van der Waals surface area contributed by atoms with Crippen LogP contribution in [0, 0.1) is 6.92 Å². The van der Waals surface area contributed by atoms with Gasteiger partial charge in [-0.05, 0) is 38.8 Å². The van der Waals surface area contributed by atoms with Crippen molar-refractivity contribution < 1.29 is 9.59 Å². The van der Waals surface area contributed by atoms with E-state index in [0.29, 0.717) is 13.0 Å². The normalized spacial score (nSPS) is 23.2. The molecule has 2 heterocycles. The third-order valence-electron chi connectivity index (χ3n) is 4.73. The maximum Gasteiger partial charge on any atom is 0.248 e. The molecule has 1 aliphatic carbocycles. The van der Waals surface area contributed by atoms with Crippen molar-refractivity contribution in [1.82, 2.24) is 10.2 Å². The van der Waals surface area contributed by atoms with Gasteiger partial charge in [0.05, 0.1) is 6.04 Å². The van der Waals surface area contributed by atoms with Gasteiger partial charge in [-0.15, -0.1) is 11.3 Å². The minimum atomic E-state index is -0.631. The number of carbonyl (C=O) groups excluding carboxylic acids is 2. The molecular formula is C16H22N2O2S. The first-order valence-corrected chi connectivity index (χ1v) is 8.52. The molecule has 2 fully saturated rings. The number of amides is 2. The van der Waals surface area contributed by atoms with Gasteiger partial charge in [0.15, 0.2) is 0 Å². The van der Waals surface area contributed by atoms with Crippen molar-refractivity contribution in [2.24, 2.45) is 0 Å². The number of nitrogens with one attached hydrogen (secondary N) is 1. The fourth-order valence-electron chi connectivity index (χ4n) is 3.50. The number of aryl methyl sites for hydroxylation is 1. The Bertz CT molecular complexity index is 560. The molecule has 2 amide bonds. The van der Waals surface area contributed by atoms with Crippen LogP contribution in [0.25, 0.3) is 0 Å². The molecule has 1 N–H and O–H groups in total. The van der Waals surface area contributed by atoms with Crippen LogP contribution in [0.5, 0.6) is 0 Å². The van der Waals surface area contributed by atoms with Crippen molar-refractivity contribution in [3.8, 4) is 0 Å². The van der Waals surface area contributed by atoms with Crippen LogP contribution >= 0.6 is 11.3 Å². The molecule has 1 aromatic heterocycles. The molecule has 3 rings (SSSR count). The quantitative estimate of drug-likeness (QED) is 0.913. The summed E-state index contributed by atoms with van der Waals surface area (Å²) in [6.45, 7) is 4.67. The smallest absolute Gasteiger partial charge is 0.248 e. The number of nitrogens with zero attached hydrogens (tertiary/aromatic N) is 1. The lowest BCUT2D eigenvalue weighted by Crippen LogP contribution is -2.55. The lowest BCUT2D eigenvalue weighted by Gasteiger charge is -2.34. The van der Waals surface area contributed by atoms with Gasteiger partial charge in [0.1, 0.15) is 5.54 Å². The van der Waals surface area contributed by atoms with E-state index in [1.165, 1.54) is 9.75 Å². The molecule has 2 aliphatic rings. The summed E-state index contributed by atoms with van der Waals surface area (Å²) in [7, 11) is 0. The molecule has 21 heavy (non-hydrogen) atoms. The van der Waals surface area contributed by atoms with Crippen LogP contribution < -0.4 is 5.32 Å². The van der Waals surface area contributed by atoms with Crippen molar-refractivity contribution >= 4 is 23.2 Å². The van der Waals surface area contributed by atoms with Crippen molar-refractivity contribution in [2.45, 2.75) is 57.5 Å². The van der Waals surface area contributed by atoms with Gasteiger partial charge in [-0.3, -0.25) is 9.59 Å². The van der Waals surface area contributed by atoms with E-state index in [1.54, 1.807) is 11.3 Å². The summed E-state index contributed by atoms with van der Waals surface area (Å²) in [5.41, 5.74) is -0.631. The van der Waals surface area contributed by atoms with Crippen molar-refractivity contribution in [2.75, 3.05) is 6.54 Å². The van der Waals surface area contributed by atoms with E-state index in [1.807, 2.05) is 4.90 Å². The summed E-state index contributed by atoms with van der Waals surface area (Å²) in [5.74, 6) is 0.131. The molecule has 0 bridgehead atoms. The summed E-state index contributed by atoms with van der Waals surface area (Å²) in [6, 6.07) is 4.23. The van der Waals surface area contributed by atoms with Gasteiger partial charge in [0.2, 0.25) is 11.8 Å². The van der Waals surface area contributed by atoms with Crippen LogP contribution in [0.1, 0.15) is 54.8 Å². The van der Waals surface area contributed by atoms with E-state index < -0.39 is 5.54 Å². The minimum absolute atomic E-state index is 0.0160. The second-order valence-electron chi connectivity index (χ2n) is 6.21. The molecule has 4 nitrogen and oxygen atoms in total. The van der Waals surface area contributed by atoms with Crippen LogP contribution in [0.15, 0.2) is 12.1 Å². The highest BCUT2D eigenvalue weighted by atomic mass is 32.1. The average Bonchev–Trinajstić information content (AvgIpc) is 3.05. The van der Waals surface area contributed by atoms with Crippen molar-refractivity contribution in [3.05, 3.63) is 21.9 Å². The third-order valence-corrected chi connectivity index (χ3v) is 5.90. The number of thiophene rings is 1. The zero-order valence-corrected chi connectivity index (χ0v) is 13.5. The molecule has 1 saturated carbocycles. The zero-order valence-electron chi connectivity index (χ0n) is 12.6. The van der Waals surface area contributed by atoms with E-state index in [-0.39, 0.29) is 17.9 Å². The molecule has 5 heteroatoms. The van der Waals surface area contributed by atoms with Gasteiger partial charge >= 0.3 is 0 Å². The Kier molecular flexibility index (Phi) is 3.78. The minimum Gasteiger partial charge on any atom is -0.342 e. The lowest BCUT2D eigenvalue weighted by atomic mass is 9.95. The Morgan fingerprint density at radius 2 is 2.00 bits per heavy atom. The van der Waals surface area contributed by atoms with Gasteiger partial charge in [-0.25, -0.2) is 0 Å². The van der Waals surface area contributed by atoms with Crippen LogP contribution in [0.4, 0.5) is 0 Å². The van der Waals surface area contributed by atoms with Crippen LogP contribution in [-0.2, 0) is 9.59 Å². The number of rotatable bonds is 2. The van der Waals surface area contributed by atoms with Crippen LogP contribution in [0.3, 0.4) is 0 Å². The highest BCUT2D eigenvalue weighted by Gasteiger charge is 2.47. The molecule has 1 aromatic rings. The van der Waals surface area contributed by atoms with E-state index >= 15 is 0 Å². The Labute approximate surface area is 129 Å². The molecule has 114 valence electrons. The van der Waals surface area contributed by atoms with Crippen molar-refractivity contribution in [3.63, 3.8) is 0 Å². The first-order valence-electron chi connectivity index (χ1n) is 7.70. The maximum atomic E-state index is 13.1. The second kappa shape index (κ2) is 5.44. The summed E-state index contributed by atoms with van der Waals surface area (Å²) in [4.78, 5) is 29.4. The number of hydrogen-bond acceptors (Lipinski definition) is 3. The Hall–Kier alpha value is -1.36. The fourth-order valence-corrected chi connectivity index (χ4v) is 4.44. The van der Waals surface area contributed by atoms with E-state index in [2.05, 4.69) is 31.3 Å². The summed E-state index contributed by atoms with van der Waals surface area (Å²) in [6.07, 6.45) is 4.01. The van der Waals surface area contributed by atoms with Crippen LogP contribution in [-0.4, -0.2) is 28.8 Å². The summed E-state index contributed by atoms with van der Waals surface area (Å²) >= 11 is 1.73. The van der Waals surface area contributed by atoms with Crippen LogP contribution in [0.2, 0.25) is 0 Å². The monoisotopic (exact) mass is 306 g/mol. The van der Waals surface area contributed by atoms with E-state index in [4.69, 9.17) is 0 Å². The molecule has 0 radical (unpaired) electrons. The second-order valence-corrected chi connectivity index (χ2v) is 7.53. The Balaban J connectivity index is 1.90. The van der Waals surface area contributed by atoms with Gasteiger partial charge in [0, 0.05) is 22.7 Å². The van der Waals surface area contributed by atoms with Gasteiger partial charge in [-0.2, -0.15) is 0 Å².